The van der Waals surface area contributed by atoms with Gasteiger partial charge in [0, 0.05) is 13.6 Å². The molecule has 0 spiro atoms. The van der Waals surface area contributed by atoms with Crippen LogP contribution in [0.5, 0.6) is 0 Å². The first-order valence-corrected chi connectivity index (χ1v) is 16.6. The van der Waals surface area contributed by atoms with Crippen LogP contribution in [-0.4, -0.2) is 17.2 Å². The lowest BCUT2D eigenvalue weighted by molar-refractivity contribution is 0.426. The van der Waals surface area contributed by atoms with E-state index < -0.39 is 7.12 Å². The minimum Gasteiger partial charge on any atom is -0.423 e. The number of halogens is 3. The van der Waals surface area contributed by atoms with Gasteiger partial charge >= 0.3 is 7.12 Å². The zero-order valence-electron chi connectivity index (χ0n) is 24.6. The fourth-order valence-corrected chi connectivity index (χ4v) is 6.62. The molecule has 0 saturated heterocycles. The summed E-state index contributed by atoms with van der Waals surface area (Å²) in [5.74, 6) is 0. The van der Waals surface area contributed by atoms with E-state index in [0.717, 1.165) is 26.4 Å². The van der Waals surface area contributed by atoms with Crippen molar-refractivity contribution in [2.75, 3.05) is 0 Å². The van der Waals surface area contributed by atoms with E-state index in [-0.39, 0.29) is 7.43 Å². The highest BCUT2D eigenvalue weighted by Crippen LogP contribution is 2.30. The van der Waals surface area contributed by atoms with Gasteiger partial charge in [-0.2, -0.15) is 0 Å². The topological polar surface area (TPSA) is 40.5 Å². The van der Waals surface area contributed by atoms with Crippen LogP contribution in [0, 0.1) is 3.57 Å². The minimum atomic E-state index is -1.41. The van der Waals surface area contributed by atoms with E-state index in [4.69, 9.17) is 33.2 Å². The summed E-state index contributed by atoms with van der Waals surface area (Å²) in [6.07, 6.45) is 0. The molecule has 0 aliphatic rings. The highest BCUT2D eigenvalue weighted by molar-refractivity contribution is 14.1. The lowest BCUT2D eigenvalue weighted by Gasteiger charge is -2.07. The van der Waals surface area contributed by atoms with Crippen molar-refractivity contribution < 1.29 is 10.0 Å². The lowest BCUT2D eigenvalue weighted by atomic mass is 9.79. The Morgan fingerprint density at radius 3 is 1.47 bits per heavy atom. The second kappa shape index (κ2) is 15.8. The molecule has 0 fully saturated rings. The predicted molar refractivity (Wildman–Crippen MR) is 214 cm³/mol. The monoisotopic (exact) mass is 764 g/mol. The molecule has 0 bridgehead atoms. The van der Waals surface area contributed by atoms with Gasteiger partial charge in [-0.1, -0.05) is 152 Å². The van der Waals surface area contributed by atoms with Gasteiger partial charge in [-0.15, -0.1) is 0 Å². The summed E-state index contributed by atoms with van der Waals surface area (Å²) in [7, 11) is -1.41. The van der Waals surface area contributed by atoms with Crippen LogP contribution in [0.3, 0.4) is 0 Å². The molecule has 2 N–H and O–H groups in total. The summed E-state index contributed by atoms with van der Waals surface area (Å²) in [4.78, 5) is 0. The molecule has 8 rings (SSSR count). The fourth-order valence-electron chi connectivity index (χ4n) is 5.51. The zero-order chi connectivity index (χ0) is 32.0. The van der Waals surface area contributed by atoms with Crippen LogP contribution in [0.4, 0.5) is 0 Å². The SMILES string of the molecule is C.Clc1cccc(-c2ccc3c(ccc4ccccc43)c2)c1.Clc1cccc(I)c1.OB(O)c1ccc2c(ccc3ccccc32)c1. The maximum Gasteiger partial charge on any atom is 0.488 e. The van der Waals surface area contributed by atoms with Crippen LogP contribution in [-0.2, 0) is 0 Å². The molecule has 6 heteroatoms. The van der Waals surface area contributed by atoms with E-state index >= 15 is 0 Å². The second-order valence-electron chi connectivity index (χ2n) is 10.8. The van der Waals surface area contributed by atoms with Crippen molar-refractivity contribution in [1.82, 2.24) is 0 Å². The molecule has 0 aliphatic carbocycles. The van der Waals surface area contributed by atoms with Crippen LogP contribution in [0.1, 0.15) is 7.43 Å². The Bertz CT molecular complexity index is 2290. The molecular formula is C41H32BCl2IO2. The van der Waals surface area contributed by atoms with Crippen LogP contribution in [0.25, 0.3) is 54.2 Å². The average Bonchev–Trinajstić information content (AvgIpc) is 3.08. The molecule has 0 aromatic heterocycles. The average molecular weight is 765 g/mol. The van der Waals surface area contributed by atoms with Gasteiger partial charge < -0.3 is 10.0 Å². The van der Waals surface area contributed by atoms with Crippen molar-refractivity contribution in [1.29, 1.82) is 0 Å². The van der Waals surface area contributed by atoms with Crippen molar-refractivity contribution in [3.8, 4) is 11.1 Å². The highest BCUT2D eigenvalue weighted by Gasteiger charge is 2.11. The van der Waals surface area contributed by atoms with E-state index in [9.17, 15) is 0 Å². The summed E-state index contributed by atoms with van der Waals surface area (Å²) in [5, 5.41) is 29.5. The Kier molecular flexibility index (Phi) is 11.6. The van der Waals surface area contributed by atoms with Gasteiger partial charge in [0.05, 0.1) is 0 Å². The third-order valence-corrected chi connectivity index (χ3v) is 8.90. The van der Waals surface area contributed by atoms with Crippen molar-refractivity contribution >= 4 is 101 Å². The first-order valence-electron chi connectivity index (χ1n) is 14.7. The zero-order valence-corrected chi connectivity index (χ0v) is 28.3. The van der Waals surface area contributed by atoms with Crippen LogP contribution >= 0.6 is 45.8 Å². The molecular weight excluding hydrogens is 733 g/mol. The van der Waals surface area contributed by atoms with Crippen LogP contribution in [0.15, 0.2) is 158 Å². The molecule has 0 amide bonds. The summed E-state index contributed by atoms with van der Waals surface area (Å²) >= 11 is 14.0. The number of rotatable bonds is 2. The van der Waals surface area contributed by atoms with E-state index in [1.54, 1.807) is 6.07 Å². The number of benzene rings is 8. The van der Waals surface area contributed by atoms with Gasteiger partial charge in [0.2, 0.25) is 0 Å². The van der Waals surface area contributed by atoms with Gasteiger partial charge in [-0.25, -0.2) is 0 Å². The van der Waals surface area contributed by atoms with Gasteiger partial charge in [0.1, 0.15) is 0 Å². The standard InChI is InChI=1S/C20H13Cl.C14H11BO2.C6H4ClI.CH4/c21-18-6-3-5-15(13-18)16-10-11-20-17(12-16)9-8-14-4-1-2-7-19(14)20;16-15(17)12-7-8-14-11(9-12)6-5-10-3-1-2-4-13(10)14;7-5-2-1-3-6(8)4-5;/h1-13H;1-9,16-17H;1-4H;1H4. The maximum absolute atomic E-state index is 9.15. The third kappa shape index (κ3) is 8.34. The minimum absolute atomic E-state index is 0. The van der Waals surface area contributed by atoms with Crippen LogP contribution < -0.4 is 5.46 Å². The van der Waals surface area contributed by atoms with Gasteiger partial charge in [0.25, 0.3) is 0 Å². The molecule has 0 heterocycles. The van der Waals surface area contributed by atoms with Gasteiger partial charge in [-0.3, -0.25) is 0 Å². The second-order valence-corrected chi connectivity index (χ2v) is 12.9. The molecule has 232 valence electrons. The Hall–Kier alpha value is -3.91. The first-order chi connectivity index (χ1) is 22.4. The van der Waals surface area contributed by atoms with Crippen LogP contribution in [0.2, 0.25) is 10.0 Å². The van der Waals surface area contributed by atoms with Gasteiger partial charge in [-0.05, 0) is 119 Å². The number of fused-ring (bicyclic) bond motifs is 6. The molecule has 0 unspecified atom stereocenters. The molecule has 0 atom stereocenters. The summed E-state index contributed by atoms with van der Waals surface area (Å²) in [6.45, 7) is 0. The highest BCUT2D eigenvalue weighted by atomic mass is 127. The molecule has 0 aliphatic heterocycles. The molecule has 47 heavy (non-hydrogen) atoms. The molecule has 0 saturated carbocycles. The Balaban J connectivity index is 0.000000150. The van der Waals surface area contributed by atoms with Crippen molar-refractivity contribution in [2.24, 2.45) is 0 Å². The molecule has 8 aromatic rings. The Morgan fingerprint density at radius 2 is 0.915 bits per heavy atom. The fraction of sp³-hybridized carbons (Fsp3) is 0.0244. The quantitative estimate of drug-likeness (QED) is 0.105. The van der Waals surface area contributed by atoms with Crippen molar-refractivity contribution in [3.63, 3.8) is 0 Å². The normalized spacial score (nSPS) is 10.5. The first kappa shape index (κ1) is 34.4. The lowest BCUT2D eigenvalue weighted by Crippen LogP contribution is -2.29. The summed E-state index contributed by atoms with van der Waals surface area (Å²) in [6, 6.07) is 52.9. The van der Waals surface area contributed by atoms with E-state index in [0.29, 0.717) is 5.46 Å². The number of hydrogen-bond donors (Lipinski definition) is 2. The largest absolute Gasteiger partial charge is 0.488 e. The summed E-state index contributed by atoms with van der Waals surface area (Å²) < 4.78 is 1.18. The Morgan fingerprint density at radius 1 is 0.426 bits per heavy atom. The smallest absolute Gasteiger partial charge is 0.423 e. The molecule has 2 nitrogen and oxygen atoms in total. The van der Waals surface area contributed by atoms with E-state index in [1.807, 2.05) is 78.9 Å². The molecule has 8 aromatic carbocycles. The van der Waals surface area contributed by atoms with Crippen molar-refractivity contribution in [3.05, 3.63) is 171 Å². The van der Waals surface area contributed by atoms with E-state index in [1.165, 1.54) is 41.5 Å². The maximum atomic E-state index is 9.15. The van der Waals surface area contributed by atoms with Gasteiger partial charge in [0.15, 0.2) is 0 Å². The summed E-state index contributed by atoms with van der Waals surface area (Å²) in [5.41, 5.74) is 2.87. The Labute approximate surface area is 299 Å². The van der Waals surface area contributed by atoms with E-state index in [2.05, 4.69) is 95.4 Å². The van der Waals surface area contributed by atoms with Crippen molar-refractivity contribution in [2.45, 2.75) is 7.43 Å². The number of hydrogen-bond acceptors (Lipinski definition) is 2. The third-order valence-electron chi connectivity index (χ3n) is 7.76. The predicted octanol–water partition coefficient (Wildman–Crippen LogP) is 11.6. The molecule has 0 radical (unpaired) electrons.